The molecule has 0 radical (unpaired) electrons. The SMILES string of the molecule is OC(CSC1CCCC1)Cc1ccc(Br)cc1F. The molecular formula is C14H18BrFOS. The molecule has 1 fully saturated rings. The van der Waals surface area contributed by atoms with E-state index >= 15 is 0 Å². The zero-order valence-corrected chi connectivity index (χ0v) is 12.6. The molecule has 1 aromatic rings. The zero-order valence-electron chi connectivity index (χ0n) is 10.2. The van der Waals surface area contributed by atoms with Gasteiger partial charge < -0.3 is 5.11 Å². The van der Waals surface area contributed by atoms with Crippen LogP contribution in [0.1, 0.15) is 31.2 Å². The van der Waals surface area contributed by atoms with Crippen molar-refractivity contribution in [2.45, 2.75) is 43.5 Å². The molecule has 1 aliphatic carbocycles. The summed E-state index contributed by atoms with van der Waals surface area (Å²) in [5.74, 6) is 0.467. The van der Waals surface area contributed by atoms with E-state index in [1.807, 2.05) is 17.8 Å². The first-order valence-electron chi connectivity index (χ1n) is 6.39. The minimum atomic E-state index is -0.453. The van der Waals surface area contributed by atoms with Gasteiger partial charge in [0.05, 0.1) is 6.10 Å². The molecule has 1 atom stereocenters. The van der Waals surface area contributed by atoms with Crippen molar-refractivity contribution in [2.75, 3.05) is 5.75 Å². The summed E-state index contributed by atoms with van der Waals surface area (Å²) >= 11 is 5.07. The van der Waals surface area contributed by atoms with Crippen molar-refractivity contribution in [1.29, 1.82) is 0 Å². The third-order valence-corrected chi connectivity index (χ3v) is 5.31. The smallest absolute Gasteiger partial charge is 0.127 e. The van der Waals surface area contributed by atoms with Crippen LogP contribution < -0.4 is 0 Å². The van der Waals surface area contributed by atoms with Crippen molar-refractivity contribution in [1.82, 2.24) is 0 Å². The number of hydrogen-bond donors (Lipinski definition) is 1. The maximum Gasteiger partial charge on any atom is 0.127 e. The van der Waals surface area contributed by atoms with Crippen LogP contribution in [0.2, 0.25) is 0 Å². The summed E-state index contributed by atoms with van der Waals surface area (Å²) in [6, 6.07) is 5.00. The van der Waals surface area contributed by atoms with Gasteiger partial charge in [0.2, 0.25) is 0 Å². The summed E-state index contributed by atoms with van der Waals surface area (Å²) in [4.78, 5) is 0. The van der Waals surface area contributed by atoms with Crippen molar-refractivity contribution in [3.05, 3.63) is 34.1 Å². The summed E-state index contributed by atoms with van der Waals surface area (Å²) in [7, 11) is 0. The molecule has 0 spiro atoms. The summed E-state index contributed by atoms with van der Waals surface area (Å²) in [5.41, 5.74) is 0.595. The van der Waals surface area contributed by atoms with Gasteiger partial charge in [-0.05, 0) is 30.5 Å². The molecule has 1 unspecified atom stereocenters. The van der Waals surface area contributed by atoms with E-state index in [9.17, 15) is 9.50 Å². The van der Waals surface area contributed by atoms with Crippen molar-refractivity contribution in [2.24, 2.45) is 0 Å². The molecule has 18 heavy (non-hydrogen) atoms. The first kappa shape index (κ1) is 14.4. The van der Waals surface area contributed by atoms with Crippen LogP contribution in [-0.4, -0.2) is 22.2 Å². The lowest BCUT2D eigenvalue weighted by Gasteiger charge is -2.14. The largest absolute Gasteiger partial charge is 0.392 e. The summed E-state index contributed by atoms with van der Waals surface area (Å²) in [6.07, 6.45) is 5.11. The molecule has 0 amide bonds. The molecule has 1 aliphatic rings. The molecule has 0 aromatic heterocycles. The Morgan fingerprint density at radius 1 is 1.39 bits per heavy atom. The van der Waals surface area contributed by atoms with E-state index in [1.165, 1.54) is 31.7 Å². The number of hydrogen-bond acceptors (Lipinski definition) is 2. The Labute approximate surface area is 120 Å². The average molecular weight is 333 g/mol. The second kappa shape index (κ2) is 6.92. The van der Waals surface area contributed by atoms with Crippen LogP contribution in [0.5, 0.6) is 0 Å². The average Bonchev–Trinajstić information content (AvgIpc) is 2.83. The van der Waals surface area contributed by atoms with Crippen LogP contribution in [-0.2, 0) is 6.42 Å². The van der Waals surface area contributed by atoms with E-state index < -0.39 is 6.10 Å². The standard InChI is InChI=1S/C14H18BrFOS/c15-11-6-5-10(14(16)8-11)7-12(17)9-18-13-3-1-2-4-13/h5-6,8,12-13,17H,1-4,7,9H2. The minimum Gasteiger partial charge on any atom is -0.392 e. The van der Waals surface area contributed by atoms with E-state index in [-0.39, 0.29) is 5.82 Å². The summed E-state index contributed by atoms with van der Waals surface area (Å²) in [5, 5.41) is 10.7. The normalized spacial score (nSPS) is 18.2. The molecule has 2 rings (SSSR count). The molecular weight excluding hydrogens is 315 g/mol. The first-order valence-corrected chi connectivity index (χ1v) is 8.23. The van der Waals surface area contributed by atoms with Gasteiger partial charge in [-0.1, -0.05) is 34.8 Å². The zero-order chi connectivity index (χ0) is 13.0. The highest BCUT2D eigenvalue weighted by molar-refractivity contribution is 9.10. The monoisotopic (exact) mass is 332 g/mol. The van der Waals surface area contributed by atoms with E-state index in [2.05, 4.69) is 15.9 Å². The van der Waals surface area contributed by atoms with Crippen LogP contribution in [0.15, 0.2) is 22.7 Å². The predicted octanol–water partition coefficient (Wildman–Crippen LogP) is 4.17. The van der Waals surface area contributed by atoms with Gasteiger partial charge in [0.1, 0.15) is 5.82 Å². The van der Waals surface area contributed by atoms with Crippen molar-refractivity contribution >= 4 is 27.7 Å². The maximum atomic E-state index is 13.6. The fraction of sp³-hybridized carbons (Fsp3) is 0.571. The van der Waals surface area contributed by atoms with E-state index in [1.54, 1.807) is 6.07 Å². The van der Waals surface area contributed by atoms with Crippen LogP contribution in [0, 0.1) is 5.82 Å². The van der Waals surface area contributed by atoms with Gasteiger partial charge in [-0.15, -0.1) is 0 Å². The van der Waals surface area contributed by atoms with Crippen LogP contribution in [0.25, 0.3) is 0 Å². The topological polar surface area (TPSA) is 20.2 Å². The van der Waals surface area contributed by atoms with Crippen molar-refractivity contribution in [3.8, 4) is 0 Å². The van der Waals surface area contributed by atoms with Gasteiger partial charge in [0, 0.05) is 21.9 Å². The minimum absolute atomic E-state index is 0.241. The first-order chi connectivity index (χ1) is 8.65. The second-order valence-corrected chi connectivity index (χ2v) is 7.08. The lowest BCUT2D eigenvalue weighted by molar-refractivity contribution is 0.198. The third kappa shape index (κ3) is 4.25. The van der Waals surface area contributed by atoms with Gasteiger partial charge in [-0.25, -0.2) is 4.39 Å². The van der Waals surface area contributed by atoms with Gasteiger partial charge in [-0.2, -0.15) is 11.8 Å². The van der Waals surface area contributed by atoms with Gasteiger partial charge in [0.25, 0.3) is 0 Å². The Kier molecular flexibility index (Phi) is 5.52. The number of halogens is 2. The van der Waals surface area contributed by atoms with Gasteiger partial charge in [0.15, 0.2) is 0 Å². The highest BCUT2D eigenvalue weighted by atomic mass is 79.9. The quantitative estimate of drug-likeness (QED) is 0.873. The summed E-state index contributed by atoms with van der Waals surface area (Å²) in [6.45, 7) is 0. The molecule has 0 heterocycles. The molecule has 0 bridgehead atoms. The Morgan fingerprint density at radius 2 is 2.11 bits per heavy atom. The second-order valence-electron chi connectivity index (χ2n) is 4.83. The van der Waals surface area contributed by atoms with Gasteiger partial charge in [-0.3, -0.25) is 0 Å². The van der Waals surface area contributed by atoms with E-state index in [0.717, 1.165) is 4.47 Å². The highest BCUT2D eigenvalue weighted by Gasteiger charge is 2.17. The van der Waals surface area contributed by atoms with Crippen molar-refractivity contribution < 1.29 is 9.50 Å². The van der Waals surface area contributed by atoms with E-state index in [4.69, 9.17) is 0 Å². The number of rotatable bonds is 5. The number of aliphatic hydroxyl groups is 1. The van der Waals surface area contributed by atoms with Crippen LogP contribution in [0.3, 0.4) is 0 Å². The lowest BCUT2D eigenvalue weighted by Crippen LogP contribution is -2.16. The fourth-order valence-electron chi connectivity index (χ4n) is 2.30. The molecule has 0 aliphatic heterocycles. The third-order valence-electron chi connectivity index (χ3n) is 3.30. The highest BCUT2D eigenvalue weighted by Crippen LogP contribution is 2.30. The van der Waals surface area contributed by atoms with Crippen LogP contribution in [0.4, 0.5) is 4.39 Å². The Hall–Kier alpha value is -0.0600. The Morgan fingerprint density at radius 3 is 2.78 bits per heavy atom. The number of aliphatic hydroxyl groups excluding tert-OH is 1. The van der Waals surface area contributed by atoms with Crippen LogP contribution >= 0.6 is 27.7 Å². The van der Waals surface area contributed by atoms with Crippen molar-refractivity contribution in [3.63, 3.8) is 0 Å². The predicted molar refractivity (Wildman–Crippen MR) is 78.5 cm³/mol. The Bertz CT molecular complexity index is 393. The molecule has 1 N–H and O–H groups in total. The maximum absolute atomic E-state index is 13.6. The number of benzene rings is 1. The molecule has 4 heteroatoms. The molecule has 1 nitrogen and oxygen atoms in total. The number of thioether (sulfide) groups is 1. The molecule has 0 saturated heterocycles. The summed E-state index contributed by atoms with van der Waals surface area (Å²) < 4.78 is 14.3. The molecule has 1 saturated carbocycles. The molecule has 1 aromatic carbocycles. The fourth-order valence-corrected chi connectivity index (χ4v) is 3.91. The van der Waals surface area contributed by atoms with Gasteiger partial charge >= 0.3 is 0 Å². The molecule has 100 valence electrons. The van der Waals surface area contributed by atoms with E-state index in [0.29, 0.717) is 23.0 Å². The lowest BCUT2D eigenvalue weighted by atomic mass is 10.1. The Balaban J connectivity index is 1.80.